The molecule has 1 aliphatic carbocycles. The van der Waals surface area contributed by atoms with Gasteiger partial charge in [-0.2, -0.15) is 0 Å². The molecule has 0 radical (unpaired) electrons. The Morgan fingerprint density at radius 1 is 1.33 bits per heavy atom. The molecule has 0 amide bonds. The van der Waals surface area contributed by atoms with Gasteiger partial charge in [-0.25, -0.2) is 0 Å². The van der Waals surface area contributed by atoms with Crippen LogP contribution in [0.1, 0.15) is 58.8 Å². The van der Waals surface area contributed by atoms with E-state index in [0.29, 0.717) is 12.5 Å². The van der Waals surface area contributed by atoms with Crippen molar-refractivity contribution < 1.29 is 9.53 Å². The Hall–Kier alpha value is -0.610. The first-order chi connectivity index (χ1) is 10.1. The standard InChI is InChI=1S/C17H32N2O2/c1-3-14-7-6-11-19(13-14)12-9-15-8-5-10-17(15,18)16(20)21-4-2/h14-15H,3-13,18H2,1-2H3. The number of esters is 1. The van der Waals surface area contributed by atoms with Crippen LogP contribution in [-0.2, 0) is 9.53 Å². The van der Waals surface area contributed by atoms with E-state index >= 15 is 0 Å². The highest BCUT2D eigenvalue weighted by atomic mass is 16.5. The fraction of sp³-hybridized carbons (Fsp3) is 0.941. The second-order valence-corrected chi connectivity index (χ2v) is 6.86. The van der Waals surface area contributed by atoms with Crippen LogP contribution in [0.4, 0.5) is 0 Å². The molecule has 4 heteroatoms. The molecule has 1 saturated heterocycles. The van der Waals surface area contributed by atoms with Crippen molar-refractivity contribution in [2.75, 3.05) is 26.2 Å². The van der Waals surface area contributed by atoms with E-state index in [-0.39, 0.29) is 5.97 Å². The maximum absolute atomic E-state index is 12.2. The minimum atomic E-state index is -0.726. The monoisotopic (exact) mass is 296 g/mol. The first-order valence-electron chi connectivity index (χ1n) is 8.78. The van der Waals surface area contributed by atoms with Crippen molar-refractivity contribution in [3.8, 4) is 0 Å². The van der Waals surface area contributed by atoms with Gasteiger partial charge in [0.1, 0.15) is 5.54 Å². The van der Waals surface area contributed by atoms with Crippen LogP contribution in [0.5, 0.6) is 0 Å². The molecule has 2 aliphatic rings. The molecule has 1 saturated carbocycles. The number of piperidine rings is 1. The normalized spacial score (nSPS) is 34.0. The zero-order chi connectivity index (χ0) is 15.3. The highest BCUT2D eigenvalue weighted by Crippen LogP contribution is 2.37. The van der Waals surface area contributed by atoms with Crippen LogP contribution in [0.3, 0.4) is 0 Å². The Kier molecular flexibility index (Phi) is 6.06. The summed E-state index contributed by atoms with van der Waals surface area (Å²) in [6.45, 7) is 8.08. The molecule has 2 rings (SSSR count). The van der Waals surface area contributed by atoms with Gasteiger partial charge in [0.2, 0.25) is 0 Å². The molecule has 2 N–H and O–H groups in total. The predicted octanol–water partition coefficient (Wildman–Crippen LogP) is 2.56. The summed E-state index contributed by atoms with van der Waals surface area (Å²) in [5.74, 6) is 0.964. The number of nitrogens with zero attached hydrogens (tertiary/aromatic N) is 1. The van der Waals surface area contributed by atoms with E-state index in [0.717, 1.165) is 38.1 Å². The van der Waals surface area contributed by atoms with Crippen LogP contribution in [0.25, 0.3) is 0 Å². The highest BCUT2D eigenvalue weighted by Gasteiger charge is 2.46. The Balaban J connectivity index is 1.85. The fourth-order valence-electron chi connectivity index (χ4n) is 4.06. The molecular weight excluding hydrogens is 264 g/mol. The Bertz CT molecular complexity index is 348. The zero-order valence-electron chi connectivity index (χ0n) is 13.8. The Morgan fingerprint density at radius 2 is 2.14 bits per heavy atom. The summed E-state index contributed by atoms with van der Waals surface area (Å²) in [5, 5.41) is 0. The fourth-order valence-corrected chi connectivity index (χ4v) is 4.06. The van der Waals surface area contributed by atoms with E-state index < -0.39 is 5.54 Å². The molecular formula is C17H32N2O2. The van der Waals surface area contributed by atoms with Gasteiger partial charge >= 0.3 is 5.97 Å². The highest BCUT2D eigenvalue weighted by molar-refractivity contribution is 5.81. The molecule has 1 heterocycles. The van der Waals surface area contributed by atoms with Gasteiger partial charge in [-0.15, -0.1) is 0 Å². The van der Waals surface area contributed by atoms with E-state index in [1.807, 2.05) is 6.92 Å². The summed E-state index contributed by atoms with van der Waals surface area (Å²) in [4.78, 5) is 14.7. The quantitative estimate of drug-likeness (QED) is 0.765. The number of rotatable bonds is 6. The molecule has 0 aromatic carbocycles. The van der Waals surface area contributed by atoms with Gasteiger partial charge in [-0.1, -0.05) is 19.8 Å². The maximum atomic E-state index is 12.2. The van der Waals surface area contributed by atoms with Crippen molar-refractivity contribution in [2.24, 2.45) is 17.6 Å². The lowest BCUT2D eigenvalue weighted by atomic mass is 9.85. The average Bonchev–Trinajstić information content (AvgIpc) is 2.88. The molecule has 0 spiro atoms. The van der Waals surface area contributed by atoms with Crippen LogP contribution in [-0.4, -0.2) is 42.6 Å². The molecule has 21 heavy (non-hydrogen) atoms. The third kappa shape index (κ3) is 3.98. The smallest absolute Gasteiger partial charge is 0.326 e. The summed E-state index contributed by atoms with van der Waals surface area (Å²) < 4.78 is 5.21. The number of nitrogens with two attached hydrogens (primary N) is 1. The number of ether oxygens (including phenoxy) is 1. The number of carbonyl (C=O) groups is 1. The number of likely N-dealkylation sites (tertiary alicyclic amines) is 1. The molecule has 0 aromatic heterocycles. The van der Waals surface area contributed by atoms with E-state index in [4.69, 9.17) is 10.5 Å². The van der Waals surface area contributed by atoms with Crippen molar-refractivity contribution >= 4 is 5.97 Å². The molecule has 3 atom stereocenters. The summed E-state index contributed by atoms with van der Waals surface area (Å²) in [7, 11) is 0. The van der Waals surface area contributed by atoms with Gasteiger partial charge in [-0.3, -0.25) is 4.79 Å². The van der Waals surface area contributed by atoms with Crippen molar-refractivity contribution in [3.63, 3.8) is 0 Å². The minimum Gasteiger partial charge on any atom is -0.465 e. The van der Waals surface area contributed by atoms with Crippen LogP contribution in [0.15, 0.2) is 0 Å². The Labute approximate surface area is 129 Å². The Morgan fingerprint density at radius 3 is 2.86 bits per heavy atom. The van der Waals surface area contributed by atoms with Gasteiger partial charge in [0, 0.05) is 6.54 Å². The molecule has 3 unspecified atom stereocenters. The van der Waals surface area contributed by atoms with Crippen LogP contribution < -0.4 is 5.73 Å². The molecule has 0 bridgehead atoms. The van der Waals surface area contributed by atoms with E-state index in [9.17, 15) is 4.79 Å². The molecule has 2 fully saturated rings. The zero-order valence-corrected chi connectivity index (χ0v) is 13.8. The van der Waals surface area contributed by atoms with Crippen molar-refractivity contribution in [1.82, 2.24) is 4.90 Å². The lowest BCUT2D eigenvalue weighted by molar-refractivity contribution is -0.151. The number of carbonyl (C=O) groups excluding carboxylic acids is 1. The number of hydrogen-bond acceptors (Lipinski definition) is 4. The first kappa shape index (κ1) is 16.8. The van der Waals surface area contributed by atoms with E-state index in [1.54, 1.807) is 0 Å². The van der Waals surface area contributed by atoms with Gasteiger partial charge in [-0.05, 0) is 64.0 Å². The van der Waals surface area contributed by atoms with Gasteiger partial charge in [0.15, 0.2) is 0 Å². The summed E-state index contributed by atoms with van der Waals surface area (Å²) in [6.07, 6.45) is 7.91. The average molecular weight is 296 g/mol. The SMILES string of the molecule is CCOC(=O)C1(N)CCCC1CCN1CCCC(CC)C1. The lowest BCUT2D eigenvalue weighted by Crippen LogP contribution is -2.52. The summed E-state index contributed by atoms with van der Waals surface area (Å²) >= 11 is 0. The van der Waals surface area contributed by atoms with Gasteiger partial charge in [0.05, 0.1) is 6.61 Å². The largest absolute Gasteiger partial charge is 0.465 e. The predicted molar refractivity (Wildman–Crippen MR) is 85.0 cm³/mol. The molecule has 122 valence electrons. The summed E-state index contributed by atoms with van der Waals surface area (Å²) in [6, 6.07) is 0. The number of hydrogen-bond donors (Lipinski definition) is 1. The van der Waals surface area contributed by atoms with E-state index in [1.165, 1.54) is 32.4 Å². The molecule has 4 nitrogen and oxygen atoms in total. The molecule has 0 aromatic rings. The second-order valence-electron chi connectivity index (χ2n) is 6.86. The van der Waals surface area contributed by atoms with Crippen molar-refractivity contribution in [2.45, 2.75) is 64.3 Å². The van der Waals surface area contributed by atoms with Gasteiger partial charge < -0.3 is 15.4 Å². The van der Waals surface area contributed by atoms with Gasteiger partial charge in [0.25, 0.3) is 0 Å². The van der Waals surface area contributed by atoms with Crippen LogP contribution in [0.2, 0.25) is 0 Å². The van der Waals surface area contributed by atoms with Crippen molar-refractivity contribution in [1.29, 1.82) is 0 Å². The third-order valence-corrected chi connectivity index (χ3v) is 5.50. The third-order valence-electron chi connectivity index (χ3n) is 5.50. The first-order valence-corrected chi connectivity index (χ1v) is 8.78. The maximum Gasteiger partial charge on any atom is 0.326 e. The molecule has 1 aliphatic heterocycles. The van der Waals surface area contributed by atoms with E-state index in [2.05, 4.69) is 11.8 Å². The topological polar surface area (TPSA) is 55.6 Å². The van der Waals surface area contributed by atoms with Crippen LogP contribution in [0, 0.1) is 11.8 Å². The second kappa shape index (κ2) is 7.59. The summed E-state index contributed by atoms with van der Waals surface area (Å²) in [5.41, 5.74) is 5.68. The van der Waals surface area contributed by atoms with Crippen molar-refractivity contribution in [3.05, 3.63) is 0 Å². The minimum absolute atomic E-state index is 0.183. The lowest BCUT2D eigenvalue weighted by Gasteiger charge is -2.35. The van der Waals surface area contributed by atoms with Crippen LogP contribution >= 0.6 is 0 Å².